The largest absolute Gasteiger partial charge is 0.493 e. The number of likely N-dealkylation sites (tertiary alicyclic amines) is 1. The molecule has 14 nitrogen and oxygen atoms in total. The minimum Gasteiger partial charge on any atom is -0.493 e. The molecule has 0 unspecified atom stereocenters. The summed E-state index contributed by atoms with van der Waals surface area (Å²) < 4.78 is 62.8. The molecule has 0 atom stereocenters. The van der Waals surface area contributed by atoms with Gasteiger partial charge in [0, 0.05) is 66.0 Å². The molecule has 2 aliphatic rings. The molecule has 2 fully saturated rings. The van der Waals surface area contributed by atoms with Crippen molar-refractivity contribution in [1.29, 1.82) is 0 Å². The molecule has 0 amide bonds. The van der Waals surface area contributed by atoms with Crippen molar-refractivity contribution in [2.24, 2.45) is 0 Å². The summed E-state index contributed by atoms with van der Waals surface area (Å²) in [5.74, 6) is 2.40. The van der Waals surface area contributed by atoms with Crippen LogP contribution in [0.2, 0.25) is 5.02 Å². The summed E-state index contributed by atoms with van der Waals surface area (Å²) in [6.07, 6.45) is 7.26. The van der Waals surface area contributed by atoms with Crippen molar-refractivity contribution in [3.63, 3.8) is 0 Å². The van der Waals surface area contributed by atoms with E-state index < -0.39 is 11.6 Å². The lowest BCUT2D eigenvalue weighted by Crippen LogP contribution is -2.37. The van der Waals surface area contributed by atoms with Gasteiger partial charge in [0.05, 0.1) is 62.1 Å². The normalized spacial score (nSPS) is 14.4. The Morgan fingerprint density at radius 1 is 0.703 bits per heavy atom. The van der Waals surface area contributed by atoms with Crippen molar-refractivity contribution in [1.82, 2.24) is 34.7 Å². The number of nitrogens with zero attached hydrogens (tertiary/aromatic N) is 6. The van der Waals surface area contributed by atoms with Gasteiger partial charge in [-0.15, -0.1) is 0 Å². The number of aromatic amines is 1. The zero-order valence-electron chi connectivity index (χ0n) is 36.1. The molecule has 0 saturated carbocycles. The Morgan fingerprint density at radius 3 is 2.06 bits per heavy atom. The Kier molecular flexibility index (Phi) is 14.7. The number of benzene rings is 4. The van der Waals surface area contributed by atoms with Crippen LogP contribution >= 0.6 is 11.6 Å². The fourth-order valence-electron chi connectivity index (χ4n) is 7.78. The summed E-state index contributed by atoms with van der Waals surface area (Å²) in [6.45, 7) is 10.9. The molecular weight excluding hydrogens is 846 g/mol. The minimum atomic E-state index is -0.475. The predicted molar refractivity (Wildman–Crippen MR) is 243 cm³/mol. The fourth-order valence-corrected chi connectivity index (χ4v) is 7.96. The first-order chi connectivity index (χ1) is 31.3. The average molecular weight is 897 g/mol. The molecule has 2 aliphatic heterocycles. The maximum Gasteiger partial charge on any atom is 0.230 e. The van der Waals surface area contributed by atoms with Crippen molar-refractivity contribution in [2.75, 3.05) is 85.2 Å². The number of anilines is 2. The zero-order valence-corrected chi connectivity index (χ0v) is 36.9. The zero-order chi connectivity index (χ0) is 44.4. The van der Waals surface area contributed by atoms with Gasteiger partial charge in [-0.3, -0.25) is 4.90 Å². The van der Waals surface area contributed by atoms with Crippen molar-refractivity contribution in [2.45, 2.75) is 32.6 Å². The summed E-state index contributed by atoms with van der Waals surface area (Å²) in [6, 6.07) is 16.8. The highest BCUT2D eigenvalue weighted by Gasteiger charge is 2.18. The minimum absolute atomic E-state index is 0.0364. The molecule has 64 heavy (non-hydrogen) atoms. The Morgan fingerprint density at radius 2 is 1.34 bits per heavy atom. The molecule has 0 radical (unpaired) electrons. The van der Waals surface area contributed by atoms with E-state index in [4.69, 9.17) is 40.0 Å². The van der Waals surface area contributed by atoms with E-state index in [2.05, 4.69) is 40.0 Å². The maximum absolute atomic E-state index is 15.0. The molecule has 2 N–H and O–H groups in total. The van der Waals surface area contributed by atoms with Gasteiger partial charge in [-0.1, -0.05) is 11.6 Å². The van der Waals surface area contributed by atoms with Crippen LogP contribution < -0.4 is 29.0 Å². The van der Waals surface area contributed by atoms with E-state index in [0.29, 0.717) is 69.5 Å². The van der Waals surface area contributed by atoms with Crippen LogP contribution in [0, 0.1) is 18.6 Å². The third-order valence-electron chi connectivity index (χ3n) is 11.1. The van der Waals surface area contributed by atoms with Gasteiger partial charge in [0.25, 0.3) is 0 Å². The number of methoxy groups -OCH3 is 2. The monoisotopic (exact) mass is 896 g/mol. The van der Waals surface area contributed by atoms with Crippen LogP contribution in [-0.4, -0.2) is 115 Å². The molecule has 9 rings (SSSR count). The van der Waals surface area contributed by atoms with E-state index >= 15 is 4.39 Å². The van der Waals surface area contributed by atoms with Crippen LogP contribution in [0.3, 0.4) is 0 Å². The van der Waals surface area contributed by atoms with Crippen molar-refractivity contribution >= 4 is 55.8 Å². The highest BCUT2D eigenvalue weighted by Crippen LogP contribution is 2.38. The summed E-state index contributed by atoms with van der Waals surface area (Å²) >= 11 is 5.90. The summed E-state index contributed by atoms with van der Waals surface area (Å²) in [4.78, 5) is 25.2. The first kappa shape index (κ1) is 44.5. The van der Waals surface area contributed by atoms with Gasteiger partial charge in [0.1, 0.15) is 24.3 Å². The van der Waals surface area contributed by atoms with Crippen molar-refractivity contribution in [3.05, 3.63) is 95.7 Å². The molecule has 7 aromatic rings. The average Bonchev–Trinajstić information content (AvgIpc) is 3.99. The van der Waals surface area contributed by atoms with Crippen LogP contribution in [0.25, 0.3) is 32.7 Å². The van der Waals surface area contributed by atoms with Crippen LogP contribution in [0.4, 0.5) is 20.3 Å². The van der Waals surface area contributed by atoms with E-state index in [9.17, 15) is 4.39 Å². The Bertz CT molecular complexity index is 2700. The second kappa shape index (κ2) is 21.1. The number of aryl methyl sites for hydroxylation is 1. The number of hydrogen-bond acceptors (Lipinski definition) is 13. The smallest absolute Gasteiger partial charge is 0.230 e. The number of ether oxygens (including phenoxy) is 6. The fraction of sp³-hybridized carbons (Fsp3) is 0.362. The lowest BCUT2D eigenvalue weighted by atomic mass is 10.2. The molecule has 336 valence electrons. The number of rotatable bonds is 16. The lowest BCUT2D eigenvalue weighted by molar-refractivity contribution is 0.0357. The van der Waals surface area contributed by atoms with E-state index in [0.717, 1.165) is 68.8 Å². The SMILES string of the molecule is COc1cc2c(Oc3ccc4[nH]c(C)cc4c3F)ncnc2cc1OCCCN1CCCC1.COc1cc2ncnc(Nc3ccc(F)c(Cl)c3)c2cc1OCCCN1CCOCC1. The second-order valence-corrected chi connectivity index (χ2v) is 15.9. The van der Waals surface area contributed by atoms with Gasteiger partial charge in [-0.25, -0.2) is 28.7 Å². The van der Waals surface area contributed by atoms with Crippen LogP contribution in [0.15, 0.2) is 73.3 Å². The number of halogens is 3. The van der Waals surface area contributed by atoms with Crippen LogP contribution in [-0.2, 0) is 4.74 Å². The van der Waals surface area contributed by atoms with E-state index in [1.807, 2.05) is 25.1 Å². The molecule has 4 aromatic carbocycles. The van der Waals surface area contributed by atoms with Crippen molar-refractivity contribution in [3.8, 4) is 34.6 Å². The van der Waals surface area contributed by atoms with Gasteiger partial charge in [0.15, 0.2) is 34.6 Å². The molecular formula is C47H51ClF2N8O6. The molecule has 0 bridgehead atoms. The van der Waals surface area contributed by atoms with Gasteiger partial charge in [0.2, 0.25) is 5.88 Å². The number of nitrogens with one attached hydrogen (secondary N) is 2. The number of aromatic nitrogens is 5. The topological polar surface area (TPSA) is 141 Å². The van der Waals surface area contributed by atoms with E-state index in [1.54, 1.807) is 44.6 Å². The van der Waals surface area contributed by atoms with E-state index in [1.165, 1.54) is 50.7 Å². The van der Waals surface area contributed by atoms with Crippen molar-refractivity contribution < 1.29 is 37.2 Å². The number of morpholine rings is 1. The molecule has 2 saturated heterocycles. The second-order valence-electron chi connectivity index (χ2n) is 15.5. The van der Waals surface area contributed by atoms with Gasteiger partial charge in [-0.05, 0) is 94.2 Å². The third kappa shape index (κ3) is 10.8. The predicted octanol–water partition coefficient (Wildman–Crippen LogP) is 9.50. The first-order valence-corrected chi connectivity index (χ1v) is 21.8. The standard InChI is InChI=1S/C25H27FN4O3.C22H24ClFN4O3/c1-16-12-17-19(29-16)6-7-21(24(17)26)33-25-18-13-22(31-2)23(14-20(18)27-15-28-25)32-11-5-10-30-8-3-4-9-30;1-29-20-13-19-16(12-21(20)31-8-2-5-28-6-9-30-10-7-28)22(26-14-25-19)27-15-3-4-18(24)17(23)11-15/h6-7,12-15,29H,3-5,8-11H2,1-2H3;3-4,11-14H,2,5-10H2,1H3,(H,25,26,27). The molecule has 5 heterocycles. The number of fused-ring (bicyclic) bond motifs is 3. The summed E-state index contributed by atoms with van der Waals surface area (Å²) in [7, 11) is 3.19. The summed E-state index contributed by atoms with van der Waals surface area (Å²) in [5, 5.41) is 5.06. The van der Waals surface area contributed by atoms with Crippen LogP contribution in [0.5, 0.6) is 34.6 Å². The first-order valence-electron chi connectivity index (χ1n) is 21.4. The summed E-state index contributed by atoms with van der Waals surface area (Å²) in [5.41, 5.74) is 3.55. The van der Waals surface area contributed by atoms with Gasteiger partial charge < -0.3 is 43.6 Å². The molecule has 0 spiro atoms. The maximum atomic E-state index is 15.0. The Hall–Kier alpha value is -6.07. The van der Waals surface area contributed by atoms with E-state index in [-0.39, 0.29) is 16.7 Å². The highest BCUT2D eigenvalue weighted by molar-refractivity contribution is 6.31. The third-order valence-corrected chi connectivity index (χ3v) is 11.4. The molecule has 0 aliphatic carbocycles. The Balaban J connectivity index is 0.000000175. The molecule has 3 aromatic heterocycles. The van der Waals surface area contributed by atoms with Gasteiger partial charge >= 0.3 is 0 Å². The quantitative estimate of drug-likeness (QED) is 0.0891. The number of hydrogen-bond donors (Lipinski definition) is 2. The molecule has 17 heteroatoms. The number of H-pyrrole nitrogens is 1. The Labute approximate surface area is 374 Å². The van der Waals surface area contributed by atoms with Crippen LogP contribution in [0.1, 0.15) is 31.4 Å². The lowest BCUT2D eigenvalue weighted by Gasteiger charge is -2.26. The highest BCUT2D eigenvalue weighted by atomic mass is 35.5. The van der Waals surface area contributed by atoms with Gasteiger partial charge in [-0.2, -0.15) is 0 Å².